The minimum Gasteiger partial charge on any atom is -0.494 e. The molecule has 0 saturated carbocycles. The Morgan fingerprint density at radius 3 is 2.58 bits per heavy atom. The Kier molecular flexibility index (Phi) is 5.75. The number of carbonyl (C=O) groups is 1. The second-order valence-corrected chi connectivity index (χ2v) is 7.04. The van der Waals surface area contributed by atoms with Crippen LogP contribution in [0, 0.1) is 13.8 Å². The highest BCUT2D eigenvalue weighted by atomic mass is 16.5. The Morgan fingerprint density at radius 2 is 1.87 bits per heavy atom. The smallest absolute Gasteiger partial charge is 0.272 e. The van der Waals surface area contributed by atoms with Crippen LogP contribution in [-0.4, -0.2) is 33.5 Å². The van der Waals surface area contributed by atoms with Gasteiger partial charge in [0.15, 0.2) is 5.65 Å². The number of benzene rings is 2. The van der Waals surface area contributed by atoms with Crippen LogP contribution in [0.1, 0.15) is 34.2 Å². The molecule has 4 aromatic rings. The van der Waals surface area contributed by atoms with E-state index in [-0.39, 0.29) is 5.91 Å². The average molecular weight is 413 g/mol. The molecule has 0 fully saturated rings. The van der Waals surface area contributed by atoms with E-state index in [1.165, 1.54) is 0 Å². The normalized spacial score (nSPS) is 11.2. The maximum absolute atomic E-state index is 12.9. The van der Waals surface area contributed by atoms with Gasteiger partial charge in [-0.05, 0) is 68.8 Å². The molecule has 2 aromatic heterocycles. The summed E-state index contributed by atoms with van der Waals surface area (Å²) >= 11 is 0. The number of aryl methyl sites for hydroxylation is 2. The van der Waals surface area contributed by atoms with E-state index in [9.17, 15) is 4.79 Å². The number of nitrogens with zero attached hydrogens (tertiary/aromatic N) is 4. The SMILES string of the molecule is CCOc1ccc(/C=N/NC(=O)c2cc(C)nc3c2c(C)nn3-c2ccccc2)cc1. The Hall–Kier alpha value is -4.00. The van der Waals surface area contributed by atoms with E-state index in [2.05, 4.69) is 20.6 Å². The number of hydrogen-bond donors (Lipinski definition) is 1. The third-order valence-corrected chi connectivity index (χ3v) is 4.76. The van der Waals surface area contributed by atoms with Crippen LogP contribution in [0.15, 0.2) is 65.8 Å². The van der Waals surface area contributed by atoms with Gasteiger partial charge < -0.3 is 4.74 Å². The largest absolute Gasteiger partial charge is 0.494 e. The first-order valence-electron chi connectivity index (χ1n) is 10.1. The number of para-hydroxylation sites is 1. The van der Waals surface area contributed by atoms with Crippen LogP contribution in [0.3, 0.4) is 0 Å². The molecule has 7 heteroatoms. The quantitative estimate of drug-likeness (QED) is 0.379. The molecule has 31 heavy (non-hydrogen) atoms. The van der Waals surface area contributed by atoms with Crippen molar-refractivity contribution in [2.24, 2.45) is 5.10 Å². The molecule has 0 aliphatic rings. The highest BCUT2D eigenvalue weighted by Crippen LogP contribution is 2.24. The van der Waals surface area contributed by atoms with Crippen molar-refractivity contribution in [3.8, 4) is 11.4 Å². The fourth-order valence-electron chi connectivity index (χ4n) is 3.38. The standard InChI is InChI=1S/C24H23N5O2/c1-4-31-20-12-10-18(11-13-20)15-25-27-24(30)21-14-16(2)26-23-22(21)17(3)28-29(23)19-8-6-5-7-9-19/h5-15H,4H2,1-3H3,(H,27,30)/b25-15+. The van der Waals surface area contributed by atoms with E-state index in [0.717, 1.165) is 28.4 Å². The van der Waals surface area contributed by atoms with Gasteiger partial charge in [-0.25, -0.2) is 15.1 Å². The zero-order chi connectivity index (χ0) is 21.8. The Morgan fingerprint density at radius 1 is 1.13 bits per heavy atom. The van der Waals surface area contributed by atoms with Crippen molar-refractivity contribution in [3.05, 3.63) is 83.2 Å². The molecule has 0 atom stereocenters. The van der Waals surface area contributed by atoms with Gasteiger partial charge in [0.05, 0.1) is 35.2 Å². The summed E-state index contributed by atoms with van der Waals surface area (Å²) in [6, 6.07) is 19.0. The van der Waals surface area contributed by atoms with Crippen molar-refractivity contribution in [2.75, 3.05) is 6.61 Å². The van der Waals surface area contributed by atoms with E-state index >= 15 is 0 Å². The minimum absolute atomic E-state index is 0.312. The number of ether oxygens (including phenoxy) is 1. The number of hydrogen-bond acceptors (Lipinski definition) is 5. The molecule has 0 aliphatic carbocycles. The molecular formula is C24H23N5O2. The van der Waals surface area contributed by atoms with Crippen LogP contribution >= 0.6 is 0 Å². The summed E-state index contributed by atoms with van der Waals surface area (Å²) in [5, 5.41) is 9.44. The van der Waals surface area contributed by atoms with Crippen molar-refractivity contribution < 1.29 is 9.53 Å². The zero-order valence-corrected chi connectivity index (χ0v) is 17.7. The van der Waals surface area contributed by atoms with Gasteiger partial charge in [0.25, 0.3) is 5.91 Å². The Bertz CT molecular complexity index is 1240. The fraction of sp³-hybridized carbons (Fsp3) is 0.167. The van der Waals surface area contributed by atoms with E-state index in [1.54, 1.807) is 17.0 Å². The molecule has 2 aromatic carbocycles. The second kappa shape index (κ2) is 8.79. The summed E-state index contributed by atoms with van der Waals surface area (Å²) < 4.78 is 7.19. The van der Waals surface area contributed by atoms with Crippen LogP contribution in [0.5, 0.6) is 5.75 Å². The maximum atomic E-state index is 12.9. The van der Waals surface area contributed by atoms with E-state index in [1.807, 2.05) is 75.4 Å². The van der Waals surface area contributed by atoms with Crippen LogP contribution < -0.4 is 10.2 Å². The van der Waals surface area contributed by atoms with Gasteiger partial charge in [-0.15, -0.1) is 0 Å². The van der Waals surface area contributed by atoms with Gasteiger partial charge in [-0.1, -0.05) is 18.2 Å². The molecule has 7 nitrogen and oxygen atoms in total. The summed E-state index contributed by atoms with van der Waals surface area (Å²) in [5.74, 6) is 0.484. The average Bonchev–Trinajstić information content (AvgIpc) is 3.11. The first-order valence-corrected chi connectivity index (χ1v) is 10.1. The number of fused-ring (bicyclic) bond motifs is 1. The number of rotatable bonds is 6. The lowest BCUT2D eigenvalue weighted by Crippen LogP contribution is -2.18. The molecule has 0 aliphatic heterocycles. The van der Waals surface area contributed by atoms with Gasteiger partial charge >= 0.3 is 0 Å². The highest BCUT2D eigenvalue weighted by Gasteiger charge is 2.19. The summed E-state index contributed by atoms with van der Waals surface area (Å²) in [6.45, 7) is 6.29. The zero-order valence-electron chi connectivity index (χ0n) is 17.7. The molecule has 2 heterocycles. The van der Waals surface area contributed by atoms with Gasteiger partial charge in [0.1, 0.15) is 5.75 Å². The summed E-state index contributed by atoms with van der Waals surface area (Å²) in [7, 11) is 0. The lowest BCUT2D eigenvalue weighted by molar-refractivity contribution is 0.0956. The van der Waals surface area contributed by atoms with Crippen molar-refractivity contribution >= 4 is 23.2 Å². The van der Waals surface area contributed by atoms with Gasteiger partial charge in [0.2, 0.25) is 0 Å². The van der Waals surface area contributed by atoms with Crippen LogP contribution in [0.2, 0.25) is 0 Å². The molecule has 4 rings (SSSR count). The van der Waals surface area contributed by atoms with Gasteiger partial charge in [-0.3, -0.25) is 4.79 Å². The third kappa shape index (κ3) is 4.30. The van der Waals surface area contributed by atoms with Crippen molar-refractivity contribution in [2.45, 2.75) is 20.8 Å². The molecule has 0 unspecified atom stereocenters. The highest BCUT2D eigenvalue weighted by molar-refractivity contribution is 6.07. The summed E-state index contributed by atoms with van der Waals surface area (Å²) in [4.78, 5) is 17.6. The first kappa shape index (κ1) is 20.3. The van der Waals surface area contributed by atoms with E-state index in [0.29, 0.717) is 23.2 Å². The van der Waals surface area contributed by atoms with Crippen LogP contribution in [0.25, 0.3) is 16.7 Å². The molecule has 1 amide bonds. The number of aromatic nitrogens is 3. The first-order chi connectivity index (χ1) is 15.1. The van der Waals surface area contributed by atoms with Crippen molar-refractivity contribution in [1.82, 2.24) is 20.2 Å². The minimum atomic E-state index is -0.312. The van der Waals surface area contributed by atoms with Crippen LogP contribution in [0.4, 0.5) is 0 Å². The second-order valence-electron chi connectivity index (χ2n) is 7.04. The molecule has 0 spiro atoms. The Labute approximate surface area is 180 Å². The summed E-state index contributed by atoms with van der Waals surface area (Å²) in [6.07, 6.45) is 1.60. The fourth-order valence-corrected chi connectivity index (χ4v) is 3.38. The topological polar surface area (TPSA) is 81.4 Å². The van der Waals surface area contributed by atoms with Gasteiger partial charge in [-0.2, -0.15) is 10.2 Å². The van der Waals surface area contributed by atoms with Crippen molar-refractivity contribution in [3.63, 3.8) is 0 Å². The summed E-state index contributed by atoms with van der Waals surface area (Å²) in [5.41, 5.74) is 6.95. The lowest BCUT2D eigenvalue weighted by atomic mass is 10.1. The van der Waals surface area contributed by atoms with E-state index in [4.69, 9.17) is 4.74 Å². The maximum Gasteiger partial charge on any atom is 0.272 e. The number of nitrogens with one attached hydrogen (secondary N) is 1. The molecular weight excluding hydrogens is 390 g/mol. The molecule has 0 bridgehead atoms. The monoisotopic (exact) mass is 413 g/mol. The molecule has 0 saturated heterocycles. The predicted octanol–water partition coefficient (Wildman–Crippen LogP) is 4.20. The molecule has 156 valence electrons. The predicted molar refractivity (Wildman–Crippen MR) is 121 cm³/mol. The van der Waals surface area contributed by atoms with Crippen molar-refractivity contribution in [1.29, 1.82) is 0 Å². The number of amides is 1. The number of hydrazone groups is 1. The van der Waals surface area contributed by atoms with Crippen LogP contribution in [-0.2, 0) is 0 Å². The van der Waals surface area contributed by atoms with Gasteiger partial charge in [0, 0.05) is 5.69 Å². The third-order valence-electron chi connectivity index (χ3n) is 4.76. The Balaban J connectivity index is 1.61. The molecule has 0 radical (unpaired) electrons. The number of carbonyl (C=O) groups excluding carboxylic acids is 1. The number of pyridine rings is 1. The van der Waals surface area contributed by atoms with E-state index < -0.39 is 0 Å². The molecule has 1 N–H and O–H groups in total. The lowest BCUT2D eigenvalue weighted by Gasteiger charge is -2.06.